The second-order valence-corrected chi connectivity index (χ2v) is 5.79. The van der Waals surface area contributed by atoms with E-state index in [1.165, 1.54) is 5.56 Å². The molecule has 0 unspecified atom stereocenters. The maximum Gasteiger partial charge on any atom is 0.0541 e. The minimum absolute atomic E-state index is 0.597. The van der Waals surface area contributed by atoms with E-state index in [4.69, 9.17) is 0 Å². The summed E-state index contributed by atoms with van der Waals surface area (Å²) in [6.07, 6.45) is 0. The lowest BCUT2D eigenvalue weighted by Crippen LogP contribution is -2.09. The van der Waals surface area contributed by atoms with Gasteiger partial charge in [0.1, 0.15) is 0 Å². The Morgan fingerprint density at radius 1 is 0.583 bits per heavy atom. The van der Waals surface area contributed by atoms with Crippen LogP contribution in [0.1, 0.15) is 11.1 Å². The van der Waals surface area contributed by atoms with Crippen molar-refractivity contribution in [1.82, 2.24) is 0 Å². The molecule has 0 aliphatic carbocycles. The molecule has 0 bridgehead atoms. The van der Waals surface area contributed by atoms with E-state index < -0.39 is 0 Å². The predicted octanol–water partition coefficient (Wildman–Crippen LogP) is 5.38. The molecule has 4 heteroatoms. The third kappa shape index (κ3) is 3.86. The van der Waals surface area contributed by atoms with Gasteiger partial charge in [-0.3, -0.25) is 0 Å². The fourth-order valence-electron chi connectivity index (χ4n) is 2.29. The summed E-state index contributed by atoms with van der Waals surface area (Å²) in [5.41, 5.74) is 11.7. The van der Waals surface area contributed by atoms with Crippen molar-refractivity contribution >= 4 is 22.7 Å². The quantitative estimate of drug-likeness (QED) is 0.620. The highest BCUT2D eigenvalue weighted by molar-refractivity contribution is 5.67. The van der Waals surface area contributed by atoms with E-state index in [1.54, 1.807) is 12.1 Å². The normalized spacial score (nSPS) is 10.3. The largest absolute Gasteiger partial charge is 0.754 e. The second-order valence-electron chi connectivity index (χ2n) is 5.79. The number of anilines is 4. The average Bonchev–Trinajstić information content (AvgIpc) is 2.62. The van der Waals surface area contributed by atoms with Gasteiger partial charge in [-0.2, -0.15) is 0 Å². The number of rotatable bonds is 5. The maximum absolute atomic E-state index is 12.4. The van der Waals surface area contributed by atoms with Gasteiger partial charge in [0.25, 0.3) is 0 Å². The predicted molar refractivity (Wildman–Crippen MR) is 102 cm³/mol. The van der Waals surface area contributed by atoms with Crippen molar-refractivity contribution in [1.29, 1.82) is 0 Å². The molecule has 3 aromatic carbocycles. The third-order valence-corrected chi connectivity index (χ3v) is 3.77. The summed E-state index contributed by atoms with van der Waals surface area (Å²) in [6.45, 7) is 4.05. The zero-order valence-corrected chi connectivity index (χ0v) is 13.8. The monoisotopic (exact) mass is 318 g/mol. The fourth-order valence-corrected chi connectivity index (χ4v) is 2.29. The minimum Gasteiger partial charge on any atom is -0.754 e. The van der Waals surface area contributed by atoms with E-state index in [1.807, 2.05) is 67.6 Å². The first-order valence-corrected chi connectivity index (χ1v) is 7.84. The number of hydrogen-bond acceptors (Lipinski definition) is 4. The van der Waals surface area contributed by atoms with E-state index >= 15 is 0 Å². The molecule has 24 heavy (non-hydrogen) atoms. The summed E-state index contributed by atoms with van der Waals surface area (Å²) >= 11 is 0. The number of hydrazine groups is 1. The van der Waals surface area contributed by atoms with Gasteiger partial charge < -0.3 is 21.1 Å². The van der Waals surface area contributed by atoms with Gasteiger partial charge in [0.2, 0.25) is 0 Å². The van der Waals surface area contributed by atoms with Gasteiger partial charge in [-0.25, -0.2) is 0 Å². The summed E-state index contributed by atoms with van der Waals surface area (Å²) in [5, 5.41) is 13.3. The zero-order valence-electron chi connectivity index (χ0n) is 13.8. The molecule has 3 rings (SSSR count). The molecular formula is C20H20N3O-. The van der Waals surface area contributed by atoms with Gasteiger partial charge in [0.15, 0.2) is 0 Å². The highest BCUT2D eigenvalue weighted by atomic mass is 16.5. The molecule has 0 radical (unpaired) electrons. The molecular weight excluding hydrogens is 298 g/mol. The Morgan fingerprint density at radius 2 is 0.917 bits per heavy atom. The number of nitrogens with zero attached hydrogens (tertiary/aromatic N) is 1. The van der Waals surface area contributed by atoms with Gasteiger partial charge in [0, 0.05) is 11.4 Å². The molecule has 122 valence electrons. The summed E-state index contributed by atoms with van der Waals surface area (Å²) in [7, 11) is 0. The van der Waals surface area contributed by atoms with Crippen LogP contribution in [0.15, 0.2) is 72.8 Å². The van der Waals surface area contributed by atoms with Gasteiger partial charge in [-0.05, 0) is 62.4 Å². The van der Waals surface area contributed by atoms with Crippen LogP contribution in [0.25, 0.3) is 0 Å². The highest BCUT2D eigenvalue weighted by Crippen LogP contribution is 2.25. The van der Waals surface area contributed by atoms with Crippen LogP contribution in [0.4, 0.5) is 22.7 Å². The van der Waals surface area contributed by atoms with Crippen LogP contribution in [-0.4, -0.2) is 0 Å². The van der Waals surface area contributed by atoms with Gasteiger partial charge in [-0.1, -0.05) is 35.4 Å². The molecule has 3 aromatic rings. The average molecular weight is 318 g/mol. The van der Waals surface area contributed by atoms with Crippen LogP contribution in [0.5, 0.6) is 0 Å². The van der Waals surface area contributed by atoms with Crippen LogP contribution in [-0.2, 0) is 0 Å². The Hall–Kier alpha value is -2.98. The van der Waals surface area contributed by atoms with Crippen molar-refractivity contribution < 1.29 is 0 Å². The lowest BCUT2D eigenvalue weighted by atomic mass is 10.2. The van der Waals surface area contributed by atoms with Crippen molar-refractivity contribution in [3.8, 4) is 0 Å². The van der Waals surface area contributed by atoms with Gasteiger partial charge >= 0.3 is 0 Å². The number of hydrogen-bond donors (Lipinski definition) is 2. The molecule has 0 spiro atoms. The Labute approximate surface area is 142 Å². The molecule has 0 aromatic heterocycles. The van der Waals surface area contributed by atoms with Crippen LogP contribution in [0, 0.1) is 19.1 Å². The smallest absolute Gasteiger partial charge is 0.0541 e. The molecule has 0 fully saturated rings. The fraction of sp³-hybridized carbons (Fsp3) is 0.100. The molecule has 2 N–H and O–H groups in total. The van der Waals surface area contributed by atoms with Crippen molar-refractivity contribution in [3.63, 3.8) is 0 Å². The van der Waals surface area contributed by atoms with E-state index in [-0.39, 0.29) is 0 Å². The number of aryl methyl sites for hydroxylation is 2. The van der Waals surface area contributed by atoms with E-state index in [0.717, 1.165) is 22.0 Å². The Kier molecular flexibility index (Phi) is 4.68. The van der Waals surface area contributed by atoms with Gasteiger partial charge in [-0.15, -0.1) is 0 Å². The Balaban J connectivity index is 1.64. The first-order chi connectivity index (χ1) is 11.6. The zero-order chi connectivity index (χ0) is 16.9. The summed E-state index contributed by atoms with van der Waals surface area (Å²) in [4.78, 5) is 0. The molecule has 0 heterocycles. The third-order valence-electron chi connectivity index (χ3n) is 3.77. The van der Waals surface area contributed by atoms with Gasteiger partial charge in [0.05, 0.1) is 11.4 Å². The maximum atomic E-state index is 12.4. The molecule has 4 nitrogen and oxygen atoms in total. The minimum atomic E-state index is 0.597. The van der Waals surface area contributed by atoms with Crippen molar-refractivity contribution in [2.45, 2.75) is 13.8 Å². The van der Waals surface area contributed by atoms with Crippen LogP contribution >= 0.6 is 0 Å². The van der Waals surface area contributed by atoms with Crippen molar-refractivity contribution in [2.24, 2.45) is 0 Å². The molecule has 0 saturated heterocycles. The lowest BCUT2D eigenvalue weighted by molar-refractivity contribution is 1.28. The molecule has 0 amide bonds. The SMILES string of the molecule is Cc1ccc(NNc2ccc(N([O-])c3ccc(C)cc3)cc2)cc1. The van der Waals surface area contributed by atoms with E-state index in [9.17, 15) is 5.21 Å². The van der Waals surface area contributed by atoms with Crippen molar-refractivity contribution in [3.05, 3.63) is 89.1 Å². The standard InChI is InChI=1S/C20H20N3O/c1-15-3-7-17(8-4-15)21-22-18-9-13-20(14-10-18)23(24)19-11-5-16(2)6-12-19/h3-14,21-22H,1-2H3/q-1. The topological polar surface area (TPSA) is 50.4 Å². The molecule has 0 saturated carbocycles. The summed E-state index contributed by atoms with van der Waals surface area (Å²) in [5.74, 6) is 0. The van der Waals surface area contributed by atoms with Crippen LogP contribution in [0.3, 0.4) is 0 Å². The molecule has 0 aliphatic rings. The molecule has 0 atom stereocenters. The number of nitrogens with one attached hydrogen (secondary N) is 2. The second kappa shape index (κ2) is 7.06. The van der Waals surface area contributed by atoms with E-state index in [2.05, 4.69) is 17.8 Å². The van der Waals surface area contributed by atoms with Crippen molar-refractivity contribution in [2.75, 3.05) is 15.9 Å². The van der Waals surface area contributed by atoms with Crippen LogP contribution < -0.4 is 15.9 Å². The number of benzene rings is 3. The Morgan fingerprint density at radius 3 is 1.38 bits per heavy atom. The summed E-state index contributed by atoms with van der Waals surface area (Å²) < 4.78 is 0. The first kappa shape index (κ1) is 15.9. The van der Waals surface area contributed by atoms with E-state index in [0.29, 0.717) is 11.4 Å². The summed E-state index contributed by atoms with van der Waals surface area (Å²) in [6, 6.07) is 23.0. The first-order valence-electron chi connectivity index (χ1n) is 7.84. The Bertz CT molecular complexity index is 781. The van der Waals surface area contributed by atoms with Crippen LogP contribution in [0.2, 0.25) is 0 Å². The molecule has 0 aliphatic heterocycles. The highest BCUT2D eigenvalue weighted by Gasteiger charge is 2.00. The lowest BCUT2D eigenvalue weighted by Gasteiger charge is -2.31.